The number of amides is 4. The first-order chi connectivity index (χ1) is 15.7. The molecule has 0 aromatic carbocycles. The Morgan fingerprint density at radius 1 is 0.853 bits per heavy atom. The third-order valence-electron chi connectivity index (χ3n) is 5.16. The second kappa shape index (κ2) is 14.8. The highest BCUT2D eigenvalue weighted by Crippen LogP contribution is 2.12. The van der Waals surface area contributed by atoms with Crippen LogP contribution in [0.15, 0.2) is 0 Å². The fraction of sp³-hybridized carbons (Fsp3) is 0.714. The van der Waals surface area contributed by atoms with Gasteiger partial charge in [-0.3, -0.25) is 24.0 Å². The number of carbonyl (C=O) groups excluding carboxylic acids is 4. The molecule has 0 fully saturated rings. The van der Waals surface area contributed by atoms with Gasteiger partial charge < -0.3 is 37.6 Å². The van der Waals surface area contributed by atoms with Gasteiger partial charge in [-0.05, 0) is 24.7 Å². The van der Waals surface area contributed by atoms with Crippen molar-refractivity contribution >= 4 is 35.6 Å². The molecule has 0 saturated carbocycles. The van der Waals surface area contributed by atoms with Crippen LogP contribution in [0.2, 0.25) is 0 Å². The number of hydrogen-bond acceptors (Lipinski definition) is 7. The first-order valence-electron chi connectivity index (χ1n) is 11.1. The van der Waals surface area contributed by atoms with Gasteiger partial charge in [0.2, 0.25) is 23.6 Å². The van der Waals surface area contributed by atoms with Gasteiger partial charge in [-0.1, -0.05) is 34.1 Å². The van der Waals surface area contributed by atoms with Gasteiger partial charge in [-0.15, -0.1) is 0 Å². The molecule has 5 unspecified atom stereocenters. The summed E-state index contributed by atoms with van der Waals surface area (Å²) in [5.41, 5.74) is 10.8. The number of nitrogens with one attached hydrogen (secondary N) is 3. The summed E-state index contributed by atoms with van der Waals surface area (Å²) in [5.74, 6) is -6.13. The fourth-order valence-corrected chi connectivity index (χ4v) is 3.01. The fourth-order valence-electron chi connectivity index (χ4n) is 3.01. The maximum absolute atomic E-state index is 13.0. The largest absolute Gasteiger partial charge is 0.481 e. The summed E-state index contributed by atoms with van der Waals surface area (Å²) in [5, 5.41) is 25.3. The highest BCUT2D eigenvalue weighted by molar-refractivity contribution is 5.95. The van der Waals surface area contributed by atoms with Crippen molar-refractivity contribution in [3.8, 4) is 0 Å². The Bertz CT molecular complexity index is 757. The van der Waals surface area contributed by atoms with Gasteiger partial charge in [0.15, 0.2) is 0 Å². The Labute approximate surface area is 198 Å². The zero-order valence-corrected chi connectivity index (χ0v) is 20.0. The van der Waals surface area contributed by atoms with Gasteiger partial charge in [-0.2, -0.15) is 0 Å². The molecule has 4 amide bonds. The molecule has 34 heavy (non-hydrogen) atoms. The predicted octanol–water partition coefficient (Wildman–Crippen LogP) is -1.31. The Balaban J connectivity index is 5.55. The summed E-state index contributed by atoms with van der Waals surface area (Å²) in [6.07, 6.45) is -0.418. The maximum Gasteiger partial charge on any atom is 0.326 e. The SMILES string of the molecule is CCC(C)C(NC(=O)C(N)CCC(=O)O)C(=O)NC(CC(C)C)C(=O)NC(CC(N)=O)C(=O)O. The first-order valence-corrected chi connectivity index (χ1v) is 11.1. The van der Waals surface area contributed by atoms with Crippen LogP contribution in [-0.4, -0.2) is 69.9 Å². The van der Waals surface area contributed by atoms with Crippen molar-refractivity contribution < 1.29 is 39.0 Å². The van der Waals surface area contributed by atoms with Crippen LogP contribution in [0.1, 0.15) is 59.8 Å². The molecule has 13 heteroatoms. The maximum atomic E-state index is 13.0. The van der Waals surface area contributed by atoms with Crippen LogP contribution in [0.4, 0.5) is 0 Å². The van der Waals surface area contributed by atoms with E-state index in [-0.39, 0.29) is 31.1 Å². The number of hydrogen-bond donors (Lipinski definition) is 7. The van der Waals surface area contributed by atoms with Gasteiger partial charge in [0.05, 0.1) is 12.5 Å². The highest BCUT2D eigenvalue weighted by Gasteiger charge is 2.33. The number of carboxylic acids is 2. The number of carboxylic acid groups (broad SMARTS) is 2. The van der Waals surface area contributed by atoms with Crippen molar-refractivity contribution in [2.24, 2.45) is 23.3 Å². The van der Waals surface area contributed by atoms with E-state index in [2.05, 4.69) is 16.0 Å². The van der Waals surface area contributed by atoms with Crippen LogP contribution in [-0.2, 0) is 28.8 Å². The molecule has 0 aliphatic rings. The normalized spacial score (nSPS) is 15.4. The van der Waals surface area contributed by atoms with Crippen LogP contribution in [0.3, 0.4) is 0 Å². The molecule has 0 aromatic heterocycles. The van der Waals surface area contributed by atoms with E-state index in [1.54, 1.807) is 27.7 Å². The lowest BCUT2D eigenvalue weighted by molar-refractivity contribution is -0.144. The molecule has 0 bridgehead atoms. The smallest absolute Gasteiger partial charge is 0.326 e. The highest BCUT2D eigenvalue weighted by atomic mass is 16.4. The molecule has 0 aliphatic carbocycles. The van der Waals surface area contributed by atoms with Crippen molar-refractivity contribution in [2.45, 2.75) is 84.0 Å². The second-order valence-corrected chi connectivity index (χ2v) is 8.67. The number of carbonyl (C=O) groups is 6. The minimum Gasteiger partial charge on any atom is -0.481 e. The van der Waals surface area contributed by atoms with Crippen LogP contribution >= 0.6 is 0 Å². The summed E-state index contributed by atoms with van der Waals surface area (Å²) in [4.78, 5) is 71.4. The van der Waals surface area contributed by atoms with E-state index < -0.39 is 66.2 Å². The molecule has 0 saturated heterocycles. The Kier molecular flexibility index (Phi) is 13.4. The van der Waals surface area contributed by atoms with E-state index in [1.165, 1.54) is 0 Å². The van der Waals surface area contributed by atoms with Crippen molar-refractivity contribution in [2.75, 3.05) is 0 Å². The summed E-state index contributed by atoms with van der Waals surface area (Å²) in [6.45, 7) is 7.08. The molecule has 0 aromatic rings. The van der Waals surface area contributed by atoms with Gasteiger partial charge in [0, 0.05) is 6.42 Å². The lowest BCUT2D eigenvalue weighted by Crippen LogP contribution is -2.59. The third-order valence-corrected chi connectivity index (χ3v) is 5.16. The summed E-state index contributed by atoms with van der Waals surface area (Å²) in [7, 11) is 0. The lowest BCUT2D eigenvalue weighted by Gasteiger charge is -2.28. The molecule has 13 nitrogen and oxygen atoms in total. The molecule has 0 heterocycles. The van der Waals surface area contributed by atoms with E-state index in [0.717, 1.165) is 0 Å². The monoisotopic (exact) mass is 487 g/mol. The average Bonchev–Trinajstić information content (AvgIpc) is 2.72. The van der Waals surface area contributed by atoms with Crippen LogP contribution in [0, 0.1) is 11.8 Å². The molecule has 0 rings (SSSR count). The van der Waals surface area contributed by atoms with Gasteiger partial charge in [0.25, 0.3) is 0 Å². The summed E-state index contributed by atoms with van der Waals surface area (Å²) < 4.78 is 0. The summed E-state index contributed by atoms with van der Waals surface area (Å²) in [6, 6.07) is -4.92. The minimum atomic E-state index is -1.56. The Morgan fingerprint density at radius 2 is 1.41 bits per heavy atom. The molecule has 0 spiro atoms. The van der Waals surface area contributed by atoms with Crippen LogP contribution in [0.5, 0.6) is 0 Å². The molecule has 5 atom stereocenters. The van der Waals surface area contributed by atoms with Crippen LogP contribution in [0.25, 0.3) is 0 Å². The van der Waals surface area contributed by atoms with Gasteiger partial charge >= 0.3 is 11.9 Å². The average molecular weight is 488 g/mol. The topological polar surface area (TPSA) is 231 Å². The molecule has 0 radical (unpaired) electrons. The predicted molar refractivity (Wildman–Crippen MR) is 121 cm³/mol. The molecular formula is C21H37N5O8. The van der Waals surface area contributed by atoms with Crippen molar-refractivity contribution in [3.05, 3.63) is 0 Å². The zero-order valence-electron chi connectivity index (χ0n) is 20.0. The van der Waals surface area contributed by atoms with E-state index in [9.17, 15) is 33.9 Å². The Morgan fingerprint density at radius 3 is 1.85 bits per heavy atom. The lowest BCUT2D eigenvalue weighted by atomic mass is 9.96. The first kappa shape index (κ1) is 30.8. The zero-order chi connectivity index (χ0) is 26.6. The molecule has 9 N–H and O–H groups in total. The Hall–Kier alpha value is -3.22. The standard InChI is InChI=1S/C21H37N5O8/c1-5-11(4)17(26-18(30)12(22)6-7-16(28)29)20(32)24-13(8-10(2)3)19(31)25-14(21(33)34)9-15(23)27/h10-14,17H,5-9,22H2,1-4H3,(H2,23,27)(H,24,32)(H,25,31)(H,26,30)(H,28,29)(H,33,34). The third kappa shape index (κ3) is 11.6. The number of aliphatic carboxylic acids is 2. The van der Waals surface area contributed by atoms with Crippen molar-refractivity contribution in [1.82, 2.24) is 16.0 Å². The number of nitrogens with two attached hydrogens (primary N) is 2. The van der Waals surface area contributed by atoms with Crippen molar-refractivity contribution in [1.29, 1.82) is 0 Å². The van der Waals surface area contributed by atoms with Gasteiger partial charge in [0.1, 0.15) is 18.1 Å². The van der Waals surface area contributed by atoms with E-state index in [4.69, 9.17) is 16.6 Å². The van der Waals surface area contributed by atoms with Crippen LogP contribution < -0.4 is 27.4 Å². The quantitative estimate of drug-likeness (QED) is 0.137. The number of primary amides is 1. The summed E-state index contributed by atoms with van der Waals surface area (Å²) >= 11 is 0. The van der Waals surface area contributed by atoms with Gasteiger partial charge in [-0.25, -0.2) is 4.79 Å². The minimum absolute atomic E-state index is 0.0726. The van der Waals surface area contributed by atoms with Crippen molar-refractivity contribution in [3.63, 3.8) is 0 Å². The second-order valence-electron chi connectivity index (χ2n) is 8.67. The molecule has 194 valence electrons. The molecule has 0 aliphatic heterocycles. The van der Waals surface area contributed by atoms with E-state index in [0.29, 0.717) is 6.42 Å². The molecular weight excluding hydrogens is 450 g/mol. The number of rotatable bonds is 16. The van der Waals surface area contributed by atoms with E-state index >= 15 is 0 Å². The van der Waals surface area contributed by atoms with E-state index in [1.807, 2.05) is 0 Å².